The highest BCUT2D eigenvalue weighted by atomic mass is 32.2. The van der Waals surface area contributed by atoms with Gasteiger partial charge in [0.15, 0.2) is 11.5 Å². The number of carbonyl (C=O) groups excluding carboxylic acids is 1. The Morgan fingerprint density at radius 1 is 0.941 bits per heavy atom. The van der Waals surface area contributed by atoms with Crippen molar-refractivity contribution >= 4 is 21.6 Å². The third kappa shape index (κ3) is 5.34. The van der Waals surface area contributed by atoms with E-state index < -0.39 is 22.0 Å². The highest BCUT2D eigenvalue weighted by molar-refractivity contribution is 7.92. The summed E-state index contributed by atoms with van der Waals surface area (Å²) in [7, 11) is -3.73. The van der Waals surface area contributed by atoms with Crippen LogP contribution in [0.4, 0.5) is 5.69 Å². The summed E-state index contributed by atoms with van der Waals surface area (Å²) >= 11 is 0. The van der Waals surface area contributed by atoms with Crippen molar-refractivity contribution < 1.29 is 22.7 Å². The first-order valence-corrected chi connectivity index (χ1v) is 12.8. The average Bonchev–Trinajstić information content (AvgIpc) is 2.86. The molecule has 0 bridgehead atoms. The van der Waals surface area contributed by atoms with Gasteiger partial charge in [0, 0.05) is 6.07 Å². The zero-order chi connectivity index (χ0) is 24.1. The molecule has 7 nitrogen and oxygen atoms in total. The Labute approximate surface area is 200 Å². The third-order valence-electron chi connectivity index (χ3n) is 5.65. The van der Waals surface area contributed by atoms with Gasteiger partial charge >= 0.3 is 0 Å². The first-order valence-electron chi connectivity index (χ1n) is 11.2. The number of carbonyl (C=O) groups is 1. The Bertz CT molecular complexity index is 1240. The third-order valence-corrected chi connectivity index (χ3v) is 7.39. The van der Waals surface area contributed by atoms with Crippen molar-refractivity contribution in [2.75, 3.05) is 29.8 Å². The Kier molecular flexibility index (Phi) is 7.07. The number of ether oxygens (including phenoxy) is 2. The summed E-state index contributed by atoms with van der Waals surface area (Å²) in [5.74, 6) is 0.454. The van der Waals surface area contributed by atoms with Gasteiger partial charge in [-0.3, -0.25) is 9.10 Å². The number of hydrogen-bond acceptors (Lipinski definition) is 5. The molecule has 8 heteroatoms. The molecule has 1 N–H and O–H groups in total. The van der Waals surface area contributed by atoms with E-state index >= 15 is 0 Å². The maximum atomic E-state index is 13.2. The van der Waals surface area contributed by atoms with E-state index in [1.807, 2.05) is 61.5 Å². The van der Waals surface area contributed by atoms with Crippen molar-refractivity contribution in [2.45, 2.75) is 19.9 Å². The van der Waals surface area contributed by atoms with Crippen molar-refractivity contribution in [1.82, 2.24) is 5.32 Å². The quantitative estimate of drug-likeness (QED) is 0.530. The molecule has 0 saturated heterocycles. The minimum atomic E-state index is -3.73. The van der Waals surface area contributed by atoms with Gasteiger partial charge in [0.2, 0.25) is 15.9 Å². The van der Waals surface area contributed by atoms with E-state index in [1.165, 1.54) is 0 Å². The molecule has 0 aliphatic carbocycles. The fourth-order valence-electron chi connectivity index (χ4n) is 3.79. The van der Waals surface area contributed by atoms with Crippen LogP contribution in [0.3, 0.4) is 0 Å². The van der Waals surface area contributed by atoms with Crippen LogP contribution in [0.15, 0.2) is 72.8 Å². The van der Waals surface area contributed by atoms with Gasteiger partial charge in [-0.1, -0.05) is 60.2 Å². The van der Waals surface area contributed by atoms with Gasteiger partial charge in [-0.2, -0.15) is 0 Å². The Morgan fingerprint density at radius 2 is 1.59 bits per heavy atom. The number of rotatable bonds is 8. The number of sulfonamides is 1. The smallest absolute Gasteiger partial charge is 0.241 e. The molecular weight excluding hydrogens is 452 g/mol. The number of fused-ring (bicyclic) bond motifs is 1. The molecular formula is C26H28N2O5S. The lowest BCUT2D eigenvalue weighted by Gasteiger charge is -2.27. The van der Waals surface area contributed by atoms with E-state index in [0.717, 1.165) is 21.0 Å². The van der Waals surface area contributed by atoms with E-state index in [2.05, 4.69) is 5.32 Å². The van der Waals surface area contributed by atoms with Crippen LogP contribution < -0.4 is 19.1 Å². The van der Waals surface area contributed by atoms with Crippen molar-refractivity contribution in [1.29, 1.82) is 0 Å². The minimum Gasteiger partial charge on any atom is -0.486 e. The second kappa shape index (κ2) is 10.2. The van der Waals surface area contributed by atoms with E-state index in [4.69, 9.17) is 9.47 Å². The number of amides is 1. The van der Waals surface area contributed by atoms with Crippen molar-refractivity contribution in [2.24, 2.45) is 0 Å². The summed E-state index contributed by atoms with van der Waals surface area (Å²) in [5, 5.41) is 3.03. The molecule has 0 unspecified atom stereocenters. The number of hydrogen-bond donors (Lipinski definition) is 1. The monoisotopic (exact) mass is 480 g/mol. The first-order chi connectivity index (χ1) is 16.4. The Hall–Kier alpha value is -3.52. The molecule has 0 aromatic heterocycles. The SMILES string of the molecule is CCS(=O)(=O)N(CC(=O)N[C@@H](c1ccccc1)c1ccc(C)cc1)c1ccc2c(c1)OCCO2. The molecule has 1 amide bonds. The minimum absolute atomic E-state index is 0.144. The largest absolute Gasteiger partial charge is 0.486 e. The highest BCUT2D eigenvalue weighted by Gasteiger charge is 2.27. The average molecular weight is 481 g/mol. The van der Waals surface area contributed by atoms with Crippen LogP contribution >= 0.6 is 0 Å². The second-order valence-corrected chi connectivity index (χ2v) is 10.2. The van der Waals surface area contributed by atoms with Crippen LogP contribution in [0, 0.1) is 6.92 Å². The van der Waals surface area contributed by atoms with E-state index in [-0.39, 0.29) is 12.3 Å². The van der Waals surface area contributed by atoms with Gasteiger partial charge in [0.25, 0.3) is 0 Å². The fourth-order valence-corrected chi connectivity index (χ4v) is 4.85. The fraction of sp³-hybridized carbons (Fsp3) is 0.269. The lowest BCUT2D eigenvalue weighted by Crippen LogP contribution is -2.42. The molecule has 1 aliphatic heterocycles. The second-order valence-electron chi connectivity index (χ2n) is 8.06. The normalized spacial score (nSPS) is 13.7. The molecule has 0 saturated carbocycles. The number of aryl methyl sites for hydroxylation is 1. The number of anilines is 1. The number of nitrogens with one attached hydrogen (secondary N) is 1. The molecule has 0 radical (unpaired) electrons. The molecule has 178 valence electrons. The van der Waals surface area contributed by atoms with Crippen molar-refractivity contribution in [3.8, 4) is 11.5 Å². The zero-order valence-electron chi connectivity index (χ0n) is 19.2. The summed E-state index contributed by atoms with van der Waals surface area (Å²) < 4.78 is 38.2. The number of nitrogens with zero attached hydrogens (tertiary/aromatic N) is 1. The van der Waals surface area contributed by atoms with E-state index in [9.17, 15) is 13.2 Å². The van der Waals surface area contributed by atoms with Crippen LogP contribution in [-0.2, 0) is 14.8 Å². The predicted octanol–water partition coefficient (Wildman–Crippen LogP) is 3.83. The van der Waals surface area contributed by atoms with Crippen molar-refractivity contribution in [3.05, 3.63) is 89.5 Å². The lowest BCUT2D eigenvalue weighted by atomic mass is 9.98. The van der Waals surface area contributed by atoms with Gasteiger partial charge in [-0.05, 0) is 37.1 Å². The summed E-state index contributed by atoms with van der Waals surface area (Å²) in [5.41, 5.74) is 3.28. The topological polar surface area (TPSA) is 84.9 Å². The predicted molar refractivity (Wildman–Crippen MR) is 132 cm³/mol. The molecule has 3 aromatic carbocycles. The van der Waals surface area contributed by atoms with Crippen LogP contribution in [0.25, 0.3) is 0 Å². The van der Waals surface area contributed by atoms with E-state index in [1.54, 1.807) is 25.1 Å². The van der Waals surface area contributed by atoms with Gasteiger partial charge in [-0.15, -0.1) is 0 Å². The summed E-state index contributed by atoms with van der Waals surface area (Å²) in [6.07, 6.45) is 0. The van der Waals surface area contributed by atoms with Gasteiger partial charge in [-0.25, -0.2) is 8.42 Å². The van der Waals surface area contributed by atoms with Gasteiger partial charge in [0.05, 0.1) is 17.5 Å². The van der Waals surface area contributed by atoms with E-state index in [0.29, 0.717) is 30.4 Å². The van der Waals surface area contributed by atoms with Gasteiger partial charge in [0.1, 0.15) is 19.8 Å². The van der Waals surface area contributed by atoms with Crippen LogP contribution in [-0.4, -0.2) is 39.8 Å². The highest BCUT2D eigenvalue weighted by Crippen LogP contribution is 2.35. The maximum Gasteiger partial charge on any atom is 0.241 e. The molecule has 34 heavy (non-hydrogen) atoms. The van der Waals surface area contributed by atoms with Crippen LogP contribution in [0.1, 0.15) is 29.7 Å². The number of benzene rings is 3. The van der Waals surface area contributed by atoms with Gasteiger partial charge < -0.3 is 14.8 Å². The molecule has 1 atom stereocenters. The molecule has 1 heterocycles. The summed E-state index contributed by atoms with van der Waals surface area (Å²) in [4.78, 5) is 13.2. The zero-order valence-corrected chi connectivity index (χ0v) is 20.0. The maximum absolute atomic E-state index is 13.2. The Morgan fingerprint density at radius 3 is 2.26 bits per heavy atom. The van der Waals surface area contributed by atoms with Crippen LogP contribution in [0.2, 0.25) is 0 Å². The Balaban J connectivity index is 1.62. The standard InChI is InChI=1S/C26H28N2O5S/c1-3-34(30,31)28(22-13-14-23-24(17-22)33-16-15-32-23)18-25(29)27-26(20-7-5-4-6-8-20)21-11-9-19(2)10-12-21/h4-14,17,26H,3,15-16,18H2,1-2H3,(H,27,29)/t26-/m0/s1. The lowest BCUT2D eigenvalue weighted by molar-refractivity contribution is -0.120. The molecule has 4 rings (SSSR count). The first kappa shape index (κ1) is 23.6. The molecule has 1 aliphatic rings. The summed E-state index contributed by atoms with van der Waals surface area (Å²) in [6.45, 7) is 4.02. The molecule has 3 aromatic rings. The van der Waals surface area contributed by atoms with Crippen molar-refractivity contribution in [3.63, 3.8) is 0 Å². The molecule has 0 fully saturated rings. The van der Waals surface area contributed by atoms with Crippen LogP contribution in [0.5, 0.6) is 11.5 Å². The molecule has 0 spiro atoms. The summed E-state index contributed by atoms with van der Waals surface area (Å²) in [6, 6.07) is 22.0.